The summed E-state index contributed by atoms with van der Waals surface area (Å²) >= 11 is 0. The third-order valence-corrected chi connectivity index (χ3v) is 4.21. The van der Waals surface area contributed by atoms with E-state index in [1.54, 1.807) is 0 Å². The fourth-order valence-corrected chi connectivity index (χ4v) is 3.06. The summed E-state index contributed by atoms with van der Waals surface area (Å²) in [5, 5.41) is 0. The summed E-state index contributed by atoms with van der Waals surface area (Å²) in [5.41, 5.74) is 7.85. The minimum atomic E-state index is -0.574. The molecule has 1 aliphatic heterocycles. The highest BCUT2D eigenvalue weighted by Gasteiger charge is 2.14. The fraction of sp³-hybridized carbons (Fsp3) is 0.500. The zero-order valence-electron chi connectivity index (χ0n) is 9.39. The molecule has 2 N–H and O–H groups in total. The van der Waals surface area contributed by atoms with Gasteiger partial charge >= 0.3 is 0 Å². The summed E-state index contributed by atoms with van der Waals surface area (Å²) in [6.45, 7) is 2.98. The van der Waals surface area contributed by atoms with E-state index in [2.05, 4.69) is 11.0 Å². The van der Waals surface area contributed by atoms with Gasteiger partial charge in [0.15, 0.2) is 0 Å². The van der Waals surface area contributed by atoms with Crippen LogP contribution in [0.3, 0.4) is 0 Å². The largest absolute Gasteiger partial charge is 0.399 e. The molecule has 2 rings (SSSR count). The highest BCUT2D eigenvalue weighted by Crippen LogP contribution is 2.08. The maximum absolute atomic E-state index is 11.2. The van der Waals surface area contributed by atoms with Crippen molar-refractivity contribution in [3.8, 4) is 0 Å². The molecule has 1 fully saturated rings. The third-order valence-electron chi connectivity index (χ3n) is 2.94. The van der Waals surface area contributed by atoms with E-state index in [4.69, 9.17) is 5.73 Å². The van der Waals surface area contributed by atoms with Crippen LogP contribution in [0.4, 0.5) is 5.69 Å². The first-order valence-electron chi connectivity index (χ1n) is 5.66. The molecule has 0 aromatic heterocycles. The SMILES string of the molecule is Nc1cccc(CCN2CCS(=O)CC2)c1. The summed E-state index contributed by atoms with van der Waals surface area (Å²) in [6, 6.07) is 8.05. The van der Waals surface area contributed by atoms with E-state index >= 15 is 0 Å². The van der Waals surface area contributed by atoms with Crippen LogP contribution in [-0.4, -0.2) is 40.2 Å². The molecule has 0 amide bonds. The topological polar surface area (TPSA) is 46.3 Å². The first kappa shape index (κ1) is 11.6. The Bertz CT molecular complexity index is 371. The third kappa shape index (κ3) is 3.32. The van der Waals surface area contributed by atoms with Gasteiger partial charge in [-0.15, -0.1) is 0 Å². The monoisotopic (exact) mass is 238 g/mol. The maximum Gasteiger partial charge on any atom is 0.0363 e. The molecule has 88 valence electrons. The van der Waals surface area contributed by atoms with Crippen molar-refractivity contribution < 1.29 is 4.21 Å². The summed E-state index contributed by atoms with van der Waals surface area (Å²) in [5.74, 6) is 1.66. The molecule has 4 heteroatoms. The van der Waals surface area contributed by atoms with Crippen molar-refractivity contribution in [2.24, 2.45) is 0 Å². The average molecular weight is 238 g/mol. The molecule has 0 spiro atoms. The van der Waals surface area contributed by atoms with Crippen LogP contribution in [0, 0.1) is 0 Å². The van der Waals surface area contributed by atoms with E-state index in [9.17, 15) is 4.21 Å². The predicted molar refractivity (Wildman–Crippen MR) is 68.9 cm³/mol. The van der Waals surface area contributed by atoms with E-state index in [1.165, 1.54) is 5.56 Å². The Labute approximate surface area is 99.1 Å². The lowest BCUT2D eigenvalue weighted by molar-refractivity contribution is 0.303. The Hall–Kier alpha value is -0.870. The zero-order chi connectivity index (χ0) is 11.4. The molecule has 0 bridgehead atoms. The van der Waals surface area contributed by atoms with Crippen LogP contribution in [0.2, 0.25) is 0 Å². The van der Waals surface area contributed by atoms with Crippen molar-refractivity contribution >= 4 is 16.5 Å². The quantitative estimate of drug-likeness (QED) is 0.795. The molecule has 0 unspecified atom stereocenters. The molecule has 1 heterocycles. The fourth-order valence-electron chi connectivity index (χ4n) is 1.94. The van der Waals surface area contributed by atoms with Gasteiger partial charge in [-0.25, -0.2) is 0 Å². The molecule has 1 aromatic carbocycles. The van der Waals surface area contributed by atoms with Gasteiger partial charge in [0.2, 0.25) is 0 Å². The van der Waals surface area contributed by atoms with Gasteiger partial charge in [0.1, 0.15) is 0 Å². The lowest BCUT2D eigenvalue weighted by atomic mass is 10.1. The standard InChI is InChI=1S/C12H18N2OS/c13-12-3-1-2-11(10-12)4-5-14-6-8-16(15)9-7-14/h1-3,10H,4-9,13H2. The van der Waals surface area contributed by atoms with Gasteiger partial charge in [0.25, 0.3) is 0 Å². The molecule has 1 saturated heterocycles. The number of rotatable bonds is 3. The van der Waals surface area contributed by atoms with Gasteiger partial charge in [-0.1, -0.05) is 12.1 Å². The summed E-state index contributed by atoms with van der Waals surface area (Å²) in [4.78, 5) is 2.38. The minimum absolute atomic E-state index is 0.574. The van der Waals surface area contributed by atoms with E-state index < -0.39 is 10.8 Å². The number of nitrogens with zero attached hydrogens (tertiary/aromatic N) is 1. The molecule has 1 aliphatic rings. The van der Waals surface area contributed by atoms with Gasteiger partial charge in [0, 0.05) is 47.6 Å². The van der Waals surface area contributed by atoms with Gasteiger partial charge in [0.05, 0.1) is 0 Å². The Morgan fingerprint density at radius 3 is 2.75 bits per heavy atom. The number of nitrogens with two attached hydrogens (primary N) is 1. The van der Waals surface area contributed by atoms with Crippen molar-refractivity contribution in [3.05, 3.63) is 29.8 Å². The van der Waals surface area contributed by atoms with Crippen molar-refractivity contribution in [2.45, 2.75) is 6.42 Å². The first-order chi connectivity index (χ1) is 7.74. The number of nitrogen functional groups attached to an aromatic ring is 1. The van der Waals surface area contributed by atoms with Crippen molar-refractivity contribution in [2.75, 3.05) is 36.9 Å². The summed E-state index contributed by atoms with van der Waals surface area (Å²) in [6.07, 6.45) is 1.03. The van der Waals surface area contributed by atoms with E-state index in [-0.39, 0.29) is 0 Å². The van der Waals surface area contributed by atoms with Crippen LogP contribution in [0.1, 0.15) is 5.56 Å². The van der Waals surface area contributed by atoms with E-state index in [0.29, 0.717) is 0 Å². The Kier molecular flexibility index (Phi) is 3.96. The maximum atomic E-state index is 11.2. The van der Waals surface area contributed by atoms with E-state index in [1.807, 2.05) is 18.2 Å². The van der Waals surface area contributed by atoms with Gasteiger partial charge in [-0.2, -0.15) is 0 Å². The molecule has 1 aromatic rings. The molecular weight excluding hydrogens is 220 g/mol. The second-order valence-electron chi connectivity index (χ2n) is 4.18. The van der Waals surface area contributed by atoms with Gasteiger partial charge in [-0.05, 0) is 24.1 Å². The van der Waals surface area contributed by atoms with Crippen LogP contribution >= 0.6 is 0 Å². The van der Waals surface area contributed by atoms with E-state index in [0.717, 1.165) is 43.2 Å². The van der Waals surface area contributed by atoms with Crippen molar-refractivity contribution in [3.63, 3.8) is 0 Å². The molecule has 0 aliphatic carbocycles. The van der Waals surface area contributed by atoms with Crippen LogP contribution in [0.5, 0.6) is 0 Å². The van der Waals surface area contributed by atoms with Gasteiger partial charge in [-0.3, -0.25) is 4.21 Å². The summed E-state index contributed by atoms with van der Waals surface area (Å²) < 4.78 is 11.2. The Morgan fingerprint density at radius 1 is 1.31 bits per heavy atom. The molecule has 0 radical (unpaired) electrons. The summed E-state index contributed by atoms with van der Waals surface area (Å²) in [7, 11) is -0.574. The highest BCUT2D eigenvalue weighted by atomic mass is 32.2. The number of hydrogen-bond acceptors (Lipinski definition) is 3. The second-order valence-corrected chi connectivity index (χ2v) is 5.88. The molecule has 0 saturated carbocycles. The molecule has 16 heavy (non-hydrogen) atoms. The van der Waals surface area contributed by atoms with Crippen LogP contribution in [-0.2, 0) is 17.2 Å². The number of benzene rings is 1. The van der Waals surface area contributed by atoms with Crippen LogP contribution in [0.25, 0.3) is 0 Å². The Balaban J connectivity index is 1.81. The van der Waals surface area contributed by atoms with Crippen LogP contribution in [0.15, 0.2) is 24.3 Å². The van der Waals surface area contributed by atoms with Crippen molar-refractivity contribution in [1.29, 1.82) is 0 Å². The molecular formula is C12H18N2OS. The van der Waals surface area contributed by atoms with Crippen LogP contribution < -0.4 is 5.73 Å². The minimum Gasteiger partial charge on any atom is -0.399 e. The number of anilines is 1. The lowest BCUT2D eigenvalue weighted by Crippen LogP contribution is -2.38. The lowest BCUT2D eigenvalue weighted by Gasteiger charge is -2.25. The van der Waals surface area contributed by atoms with Gasteiger partial charge < -0.3 is 10.6 Å². The molecule has 0 atom stereocenters. The average Bonchev–Trinajstić information content (AvgIpc) is 2.28. The normalized spacial score (nSPS) is 18.8. The number of hydrogen-bond donors (Lipinski definition) is 1. The second kappa shape index (κ2) is 5.46. The Morgan fingerprint density at radius 2 is 2.06 bits per heavy atom. The smallest absolute Gasteiger partial charge is 0.0363 e. The molecule has 3 nitrogen and oxygen atoms in total. The highest BCUT2D eigenvalue weighted by molar-refractivity contribution is 7.85. The first-order valence-corrected chi connectivity index (χ1v) is 7.14. The van der Waals surface area contributed by atoms with Crippen molar-refractivity contribution in [1.82, 2.24) is 4.90 Å². The zero-order valence-corrected chi connectivity index (χ0v) is 10.2. The predicted octanol–water partition coefficient (Wildman–Crippen LogP) is 0.876.